The molecule has 1 heterocycles. The van der Waals surface area contributed by atoms with E-state index in [1.807, 2.05) is 0 Å². The molecule has 2 N–H and O–H groups in total. The summed E-state index contributed by atoms with van der Waals surface area (Å²) in [5.41, 5.74) is 1.24. The number of benzene rings is 1. The smallest absolute Gasteiger partial charge is 0.342 e. The maximum Gasteiger partial charge on any atom is 0.342 e. The highest BCUT2D eigenvalue weighted by Gasteiger charge is 2.28. The van der Waals surface area contributed by atoms with Crippen LogP contribution >= 0.6 is 0 Å². The van der Waals surface area contributed by atoms with Gasteiger partial charge in [0, 0.05) is 5.69 Å². The summed E-state index contributed by atoms with van der Waals surface area (Å²) >= 11 is 0. The van der Waals surface area contributed by atoms with Crippen molar-refractivity contribution >= 4 is 17.7 Å². The number of nitrogens with one attached hydrogen (secondary N) is 1. The van der Waals surface area contributed by atoms with Gasteiger partial charge >= 0.3 is 11.9 Å². The highest BCUT2D eigenvalue weighted by Crippen LogP contribution is 2.25. The van der Waals surface area contributed by atoms with Gasteiger partial charge in [-0.05, 0) is 51.5 Å². The number of phenols is 1. The number of H-pyrrole nitrogens is 1. The third-order valence-corrected chi connectivity index (χ3v) is 4.24. The van der Waals surface area contributed by atoms with Crippen molar-refractivity contribution in [3.05, 3.63) is 46.3 Å². The van der Waals surface area contributed by atoms with E-state index in [4.69, 9.17) is 14.2 Å². The van der Waals surface area contributed by atoms with Crippen molar-refractivity contribution in [3.8, 4) is 11.5 Å². The molecular formula is C20H23NO7. The summed E-state index contributed by atoms with van der Waals surface area (Å²) in [6.07, 6.45) is -1.15. The molecule has 1 aromatic carbocycles. The Balaban J connectivity index is 2.23. The van der Waals surface area contributed by atoms with Gasteiger partial charge in [0.05, 0.1) is 25.0 Å². The van der Waals surface area contributed by atoms with Crippen molar-refractivity contribution in [1.82, 2.24) is 4.98 Å². The van der Waals surface area contributed by atoms with Crippen molar-refractivity contribution in [1.29, 1.82) is 0 Å². The fraction of sp³-hybridized carbons (Fsp3) is 0.350. The number of hydrogen-bond donors (Lipinski definition) is 2. The van der Waals surface area contributed by atoms with Crippen molar-refractivity contribution in [2.75, 3.05) is 13.7 Å². The standard InChI is InChI=1S/C20H23NO7/c1-6-27-20(25)16-10(2)17(21-11(16)3)18(23)12(4)28-19(24)14-9-13(26-5)7-8-15(14)22/h7-9,12,21-22H,6H2,1-5H3. The number of rotatable bonds is 7. The Bertz CT molecular complexity index is 914. The number of esters is 2. The number of carbonyl (C=O) groups is 3. The topological polar surface area (TPSA) is 115 Å². The van der Waals surface area contributed by atoms with Gasteiger partial charge in [-0.1, -0.05) is 0 Å². The van der Waals surface area contributed by atoms with Gasteiger partial charge in [-0.3, -0.25) is 4.79 Å². The molecule has 2 aromatic rings. The Morgan fingerprint density at radius 2 is 1.86 bits per heavy atom. The number of phenolic OH excluding ortho intramolecular Hbond substituents is 1. The number of ketones is 1. The van der Waals surface area contributed by atoms with E-state index < -0.39 is 23.8 Å². The van der Waals surface area contributed by atoms with Crippen LogP contribution in [0.25, 0.3) is 0 Å². The SMILES string of the molecule is CCOC(=O)c1c(C)[nH]c(C(=O)C(C)OC(=O)c2cc(OC)ccc2O)c1C. The van der Waals surface area contributed by atoms with E-state index in [9.17, 15) is 19.5 Å². The zero-order valence-electron chi connectivity index (χ0n) is 16.4. The van der Waals surface area contributed by atoms with Crippen LogP contribution in [0.5, 0.6) is 11.5 Å². The van der Waals surface area contributed by atoms with E-state index in [0.29, 0.717) is 17.0 Å². The number of methoxy groups -OCH3 is 1. The number of aromatic hydroxyl groups is 1. The summed E-state index contributed by atoms with van der Waals surface area (Å²) in [7, 11) is 1.42. The number of aromatic amines is 1. The maximum atomic E-state index is 12.7. The largest absolute Gasteiger partial charge is 0.507 e. The Morgan fingerprint density at radius 1 is 1.18 bits per heavy atom. The average molecular weight is 389 g/mol. The molecule has 150 valence electrons. The molecule has 0 aliphatic rings. The van der Waals surface area contributed by atoms with E-state index in [0.717, 1.165) is 0 Å². The van der Waals surface area contributed by atoms with Crippen LogP contribution in [0.1, 0.15) is 56.3 Å². The number of aromatic nitrogens is 1. The first kappa shape index (κ1) is 21.0. The van der Waals surface area contributed by atoms with Gasteiger partial charge in [0.15, 0.2) is 6.10 Å². The van der Waals surface area contributed by atoms with E-state index in [1.54, 1.807) is 20.8 Å². The van der Waals surface area contributed by atoms with Crippen molar-refractivity contribution in [2.24, 2.45) is 0 Å². The van der Waals surface area contributed by atoms with Gasteiger partial charge in [-0.2, -0.15) is 0 Å². The maximum absolute atomic E-state index is 12.7. The Morgan fingerprint density at radius 3 is 2.46 bits per heavy atom. The van der Waals surface area contributed by atoms with Crippen LogP contribution in [-0.4, -0.2) is 47.6 Å². The van der Waals surface area contributed by atoms with E-state index in [-0.39, 0.29) is 29.2 Å². The molecule has 2 rings (SSSR count). The van der Waals surface area contributed by atoms with Crippen LogP contribution in [0.15, 0.2) is 18.2 Å². The van der Waals surface area contributed by atoms with Crippen LogP contribution in [0.3, 0.4) is 0 Å². The highest BCUT2D eigenvalue weighted by molar-refractivity contribution is 6.04. The van der Waals surface area contributed by atoms with Crippen molar-refractivity contribution < 1.29 is 33.7 Å². The summed E-state index contributed by atoms with van der Waals surface area (Å²) in [5, 5.41) is 9.87. The monoisotopic (exact) mass is 389 g/mol. The molecule has 0 saturated heterocycles. The van der Waals surface area contributed by atoms with Gasteiger partial charge in [-0.25, -0.2) is 9.59 Å². The highest BCUT2D eigenvalue weighted by atomic mass is 16.5. The quantitative estimate of drug-likeness (QED) is 0.552. The molecule has 0 bridgehead atoms. The zero-order valence-corrected chi connectivity index (χ0v) is 16.4. The molecule has 0 saturated carbocycles. The summed E-state index contributed by atoms with van der Waals surface area (Å²) < 4.78 is 15.2. The lowest BCUT2D eigenvalue weighted by Crippen LogP contribution is -2.25. The first-order chi connectivity index (χ1) is 13.2. The van der Waals surface area contributed by atoms with Crippen LogP contribution in [-0.2, 0) is 9.47 Å². The molecule has 0 aliphatic carbocycles. The Labute approximate surface area is 162 Å². The van der Waals surface area contributed by atoms with Crippen LogP contribution in [0, 0.1) is 13.8 Å². The number of Topliss-reactive ketones (excluding diaryl/α,β-unsaturated/α-hetero) is 1. The van der Waals surface area contributed by atoms with Crippen LogP contribution < -0.4 is 4.74 Å². The van der Waals surface area contributed by atoms with E-state index in [2.05, 4.69) is 4.98 Å². The molecule has 0 fully saturated rings. The minimum absolute atomic E-state index is 0.120. The molecular weight excluding hydrogens is 366 g/mol. The van der Waals surface area contributed by atoms with Crippen LogP contribution in [0.4, 0.5) is 0 Å². The summed E-state index contributed by atoms with van der Waals surface area (Å²) in [4.78, 5) is 40.0. The first-order valence-corrected chi connectivity index (χ1v) is 8.69. The van der Waals surface area contributed by atoms with Crippen molar-refractivity contribution in [3.63, 3.8) is 0 Å². The molecule has 0 amide bonds. The summed E-state index contributed by atoms with van der Waals surface area (Å²) in [6.45, 7) is 6.59. The lowest BCUT2D eigenvalue weighted by molar-refractivity contribution is 0.0313. The summed E-state index contributed by atoms with van der Waals surface area (Å²) in [5.74, 6) is -1.84. The van der Waals surface area contributed by atoms with E-state index in [1.165, 1.54) is 32.2 Å². The first-order valence-electron chi connectivity index (χ1n) is 8.69. The molecule has 8 heteroatoms. The average Bonchev–Trinajstić information content (AvgIpc) is 2.95. The molecule has 8 nitrogen and oxygen atoms in total. The second-order valence-corrected chi connectivity index (χ2v) is 6.14. The minimum Gasteiger partial charge on any atom is -0.507 e. The lowest BCUT2D eigenvalue weighted by atomic mass is 10.1. The molecule has 0 radical (unpaired) electrons. The number of carbonyl (C=O) groups excluding carboxylic acids is 3. The van der Waals surface area contributed by atoms with Crippen LogP contribution in [0.2, 0.25) is 0 Å². The predicted octanol–water partition coefficient (Wildman–Crippen LogP) is 2.95. The summed E-state index contributed by atoms with van der Waals surface area (Å²) in [6, 6.07) is 4.10. The molecule has 28 heavy (non-hydrogen) atoms. The molecule has 0 spiro atoms. The molecule has 0 aliphatic heterocycles. The van der Waals surface area contributed by atoms with Gasteiger partial charge in [-0.15, -0.1) is 0 Å². The van der Waals surface area contributed by atoms with E-state index >= 15 is 0 Å². The lowest BCUT2D eigenvalue weighted by Gasteiger charge is -2.13. The second kappa shape index (κ2) is 8.60. The molecule has 1 atom stereocenters. The van der Waals surface area contributed by atoms with Crippen molar-refractivity contribution in [2.45, 2.75) is 33.8 Å². The number of hydrogen-bond acceptors (Lipinski definition) is 7. The molecule has 1 aromatic heterocycles. The minimum atomic E-state index is -1.15. The third-order valence-electron chi connectivity index (χ3n) is 4.24. The second-order valence-electron chi connectivity index (χ2n) is 6.14. The Kier molecular flexibility index (Phi) is 6.45. The van der Waals surface area contributed by atoms with Gasteiger partial charge in [0.25, 0.3) is 0 Å². The number of ether oxygens (including phenoxy) is 3. The van der Waals surface area contributed by atoms with Gasteiger partial charge in [0.2, 0.25) is 5.78 Å². The van der Waals surface area contributed by atoms with Gasteiger partial charge < -0.3 is 24.3 Å². The normalized spacial score (nSPS) is 11.6. The molecule has 1 unspecified atom stereocenters. The fourth-order valence-corrected chi connectivity index (χ4v) is 2.79. The Hall–Kier alpha value is -3.29. The predicted molar refractivity (Wildman–Crippen MR) is 100 cm³/mol. The van der Waals surface area contributed by atoms with Gasteiger partial charge in [0.1, 0.15) is 17.1 Å². The zero-order chi connectivity index (χ0) is 21.0. The third kappa shape index (κ3) is 4.16. The number of aryl methyl sites for hydroxylation is 1. The fourth-order valence-electron chi connectivity index (χ4n) is 2.79.